The highest BCUT2D eigenvalue weighted by Crippen LogP contribution is 2.37. The summed E-state index contributed by atoms with van der Waals surface area (Å²) in [5.74, 6) is -0.797. The molecule has 0 aliphatic heterocycles. The lowest BCUT2D eigenvalue weighted by molar-refractivity contribution is 0.100. The van der Waals surface area contributed by atoms with Gasteiger partial charge in [0.25, 0.3) is 0 Å². The van der Waals surface area contributed by atoms with Gasteiger partial charge in [0.1, 0.15) is 5.82 Å². The molecule has 0 fully saturated rings. The Morgan fingerprint density at radius 1 is 1.00 bits per heavy atom. The molecular weight excluding hydrogens is 446 g/mol. The minimum absolute atomic E-state index is 0.292. The predicted octanol–water partition coefficient (Wildman–Crippen LogP) is 6.85. The molecule has 0 saturated carbocycles. The standard InChI is InChI=1S/C26H16Cl2FN2O/c27-17-7-11-19(22(28)13-17)16-6-10-20-24(12-16)31(14-15-4-8-18(29)9-5-15)23-3-1-2-21(25(20)23)26(30)32/h1-9,11-13H,14H2,(H2,30,32). The fraction of sp³-hybridized carbons (Fsp3) is 0.0385. The number of hydrogen-bond acceptors (Lipinski definition) is 1. The molecule has 5 rings (SSSR count). The first-order valence-electron chi connectivity index (χ1n) is 9.88. The monoisotopic (exact) mass is 461 g/mol. The zero-order chi connectivity index (χ0) is 22.4. The summed E-state index contributed by atoms with van der Waals surface area (Å²) in [5.41, 5.74) is 10.4. The van der Waals surface area contributed by atoms with Crippen LogP contribution in [0.2, 0.25) is 10.0 Å². The van der Waals surface area contributed by atoms with Gasteiger partial charge in [-0.05, 0) is 65.7 Å². The van der Waals surface area contributed by atoms with Crippen molar-refractivity contribution in [1.29, 1.82) is 0 Å². The van der Waals surface area contributed by atoms with E-state index in [0.29, 0.717) is 22.2 Å². The molecule has 3 nitrogen and oxygen atoms in total. The van der Waals surface area contributed by atoms with Crippen LogP contribution in [0.25, 0.3) is 32.9 Å². The Balaban J connectivity index is 1.80. The first kappa shape index (κ1) is 20.6. The van der Waals surface area contributed by atoms with E-state index in [-0.39, 0.29) is 5.82 Å². The van der Waals surface area contributed by atoms with Crippen LogP contribution in [-0.2, 0) is 6.54 Å². The molecule has 0 atom stereocenters. The Bertz CT molecular complexity index is 1510. The predicted molar refractivity (Wildman–Crippen MR) is 128 cm³/mol. The van der Waals surface area contributed by atoms with Crippen LogP contribution in [0, 0.1) is 11.9 Å². The number of halogens is 3. The molecule has 2 N–H and O–H groups in total. The highest BCUT2D eigenvalue weighted by atomic mass is 35.5. The van der Waals surface area contributed by atoms with E-state index in [2.05, 4.69) is 10.6 Å². The van der Waals surface area contributed by atoms with Crippen molar-refractivity contribution >= 4 is 50.9 Å². The number of amides is 1. The summed E-state index contributed by atoms with van der Waals surface area (Å²) in [6.45, 7) is 0.480. The number of carbonyl (C=O) groups excluding carboxylic acids is 1. The molecule has 1 amide bonds. The summed E-state index contributed by atoms with van der Waals surface area (Å²) in [6.07, 6.45) is 0. The van der Waals surface area contributed by atoms with Gasteiger partial charge in [0.05, 0.1) is 11.0 Å². The van der Waals surface area contributed by atoms with Crippen molar-refractivity contribution in [2.24, 2.45) is 5.73 Å². The molecule has 0 bridgehead atoms. The van der Waals surface area contributed by atoms with Crippen molar-refractivity contribution in [3.8, 4) is 11.1 Å². The van der Waals surface area contributed by atoms with Crippen LogP contribution in [0.1, 0.15) is 15.9 Å². The van der Waals surface area contributed by atoms with Gasteiger partial charge >= 0.3 is 0 Å². The van der Waals surface area contributed by atoms with Crippen LogP contribution in [0.5, 0.6) is 0 Å². The van der Waals surface area contributed by atoms with Crippen LogP contribution in [-0.4, -0.2) is 10.5 Å². The van der Waals surface area contributed by atoms with E-state index in [0.717, 1.165) is 38.5 Å². The number of carbonyl (C=O) groups is 1. The fourth-order valence-corrected chi connectivity index (χ4v) is 4.60. The second-order valence-corrected chi connectivity index (χ2v) is 8.39. The lowest BCUT2D eigenvalue weighted by Crippen LogP contribution is -2.11. The number of nitrogens with zero attached hydrogens (tertiary/aromatic N) is 1. The Kier molecular flexibility index (Phi) is 5.12. The van der Waals surface area contributed by atoms with Crippen molar-refractivity contribution in [2.75, 3.05) is 0 Å². The van der Waals surface area contributed by atoms with Gasteiger partial charge < -0.3 is 10.3 Å². The van der Waals surface area contributed by atoms with Crippen LogP contribution in [0.15, 0.2) is 72.8 Å². The van der Waals surface area contributed by atoms with E-state index in [1.807, 2.05) is 24.3 Å². The Hall–Kier alpha value is -3.34. The molecule has 5 aromatic rings. The Morgan fingerprint density at radius 2 is 1.78 bits per heavy atom. The molecule has 32 heavy (non-hydrogen) atoms. The maximum atomic E-state index is 13.4. The highest BCUT2D eigenvalue weighted by molar-refractivity contribution is 6.36. The maximum Gasteiger partial charge on any atom is 0.249 e. The molecule has 0 spiro atoms. The highest BCUT2D eigenvalue weighted by Gasteiger charge is 2.18. The van der Waals surface area contributed by atoms with Gasteiger partial charge in [-0.15, -0.1) is 0 Å². The van der Waals surface area contributed by atoms with Crippen LogP contribution in [0.4, 0.5) is 4.39 Å². The van der Waals surface area contributed by atoms with E-state index < -0.39 is 5.91 Å². The maximum absolute atomic E-state index is 13.4. The number of rotatable bonds is 4. The van der Waals surface area contributed by atoms with Gasteiger partial charge in [-0.1, -0.05) is 47.5 Å². The average Bonchev–Trinajstić information content (AvgIpc) is 3.08. The number of fused-ring (bicyclic) bond motifs is 3. The fourth-order valence-electron chi connectivity index (χ4n) is 4.08. The van der Waals surface area contributed by atoms with Crippen molar-refractivity contribution in [1.82, 2.24) is 4.57 Å². The molecular formula is C26H16Cl2FN2O. The molecule has 0 saturated heterocycles. The SMILES string of the molecule is NC(=O)c1cccc2c1c1[c]cc(-c3ccc(Cl)cc3Cl)cc1n2Cc1ccc(F)cc1. The molecule has 1 radical (unpaired) electrons. The number of hydrogen-bond donors (Lipinski definition) is 1. The zero-order valence-electron chi connectivity index (χ0n) is 16.7. The number of nitrogens with two attached hydrogens (primary N) is 1. The minimum atomic E-state index is -0.505. The lowest BCUT2D eigenvalue weighted by atomic mass is 10.0. The van der Waals surface area contributed by atoms with Gasteiger partial charge in [-0.25, -0.2) is 4.39 Å². The summed E-state index contributed by atoms with van der Waals surface area (Å²) in [7, 11) is 0. The molecule has 0 aliphatic rings. The van der Waals surface area contributed by atoms with E-state index in [9.17, 15) is 9.18 Å². The number of primary amides is 1. The van der Waals surface area contributed by atoms with E-state index in [4.69, 9.17) is 28.9 Å². The molecule has 0 aliphatic carbocycles. The lowest BCUT2D eigenvalue weighted by Gasteiger charge is -2.10. The summed E-state index contributed by atoms with van der Waals surface area (Å²) in [5, 5.41) is 2.61. The van der Waals surface area contributed by atoms with E-state index >= 15 is 0 Å². The summed E-state index contributed by atoms with van der Waals surface area (Å²) < 4.78 is 15.5. The second kappa shape index (κ2) is 7.97. The third-order valence-corrected chi connectivity index (χ3v) is 6.10. The van der Waals surface area contributed by atoms with E-state index in [1.165, 1.54) is 12.1 Å². The Morgan fingerprint density at radius 3 is 2.50 bits per heavy atom. The van der Waals surface area contributed by atoms with E-state index in [1.54, 1.807) is 36.4 Å². The first-order chi connectivity index (χ1) is 15.4. The van der Waals surface area contributed by atoms with Crippen LogP contribution in [0.3, 0.4) is 0 Å². The van der Waals surface area contributed by atoms with Crippen LogP contribution >= 0.6 is 23.2 Å². The van der Waals surface area contributed by atoms with Gasteiger partial charge in [-0.3, -0.25) is 4.79 Å². The van der Waals surface area contributed by atoms with Crippen molar-refractivity contribution in [2.45, 2.75) is 6.54 Å². The van der Waals surface area contributed by atoms with Gasteiger partial charge in [0, 0.05) is 38.5 Å². The molecule has 157 valence electrons. The van der Waals surface area contributed by atoms with Crippen molar-refractivity contribution < 1.29 is 9.18 Å². The third kappa shape index (κ3) is 3.52. The second-order valence-electron chi connectivity index (χ2n) is 7.55. The van der Waals surface area contributed by atoms with Crippen LogP contribution < -0.4 is 5.73 Å². The quantitative estimate of drug-likeness (QED) is 0.312. The van der Waals surface area contributed by atoms with Crippen molar-refractivity contribution in [3.63, 3.8) is 0 Å². The molecule has 0 unspecified atom stereocenters. The van der Waals surface area contributed by atoms with Gasteiger partial charge in [0.2, 0.25) is 5.91 Å². The minimum Gasteiger partial charge on any atom is -0.366 e. The average molecular weight is 462 g/mol. The third-order valence-electron chi connectivity index (χ3n) is 5.56. The molecule has 6 heteroatoms. The molecule has 4 aromatic carbocycles. The topological polar surface area (TPSA) is 48.0 Å². The van der Waals surface area contributed by atoms with Gasteiger partial charge in [-0.2, -0.15) is 0 Å². The number of aromatic nitrogens is 1. The Labute approximate surface area is 193 Å². The summed E-state index contributed by atoms with van der Waals surface area (Å²) in [4.78, 5) is 12.2. The van der Waals surface area contributed by atoms with Crippen molar-refractivity contribution in [3.05, 3.63) is 106 Å². The normalized spacial score (nSPS) is 11.3. The zero-order valence-corrected chi connectivity index (χ0v) is 18.2. The summed E-state index contributed by atoms with van der Waals surface area (Å²) in [6, 6.07) is 24.3. The first-order valence-corrected chi connectivity index (χ1v) is 10.6. The molecule has 1 aromatic heterocycles. The largest absolute Gasteiger partial charge is 0.366 e. The molecule has 1 heterocycles. The summed E-state index contributed by atoms with van der Waals surface area (Å²) >= 11 is 12.5. The van der Waals surface area contributed by atoms with Gasteiger partial charge in [0.15, 0.2) is 0 Å². The smallest absolute Gasteiger partial charge is 0.249 e. The number of benzene rings is 4.